The standard InChI is InChI=1S/C34H38S6/c1-5-13-29(14-6-1)21-23-35-25-33(39-31-17-9-3-10-18-31)27-37-38-28-34(40-32-19-11-4-12-20-32)26-36-24-22-30-15-7-2-8-16-30/h1-20,33-34H,21-28H2. The molecule has 0 aliphatic rings. The molecule has 0 saturated carbocycles. The van der Waals surface area contributed by atoms with E-state index < -0.39 is 0 Å². The van der Waals surface area contributed by atoms with E-state index in [4.69, 9.17) is 0 Å². The third kappa shape index (κ3) is 13.3. The zero-order valence-electron chi connectivity index (χ0n) is 22.8. The summed E-state index contributed by atoms with van der Waals surface area (Å²) in [5.41, 5.74) is 2.88. The predicted octanol–water partition coefficient (Wildman–Crippen LogP) is 10.6. The monoisotopic (exact) mass is 638 g/mol. The van der Waals surface area contributed by atoms with Crippen LogP contribution in [0.1, 0.15) is 11.1 Å². The summed E-state index contributed by atoms with van der Waals surface area (Å²) in [7, 11) is 4.14. The number of hydrogen-bond acceptors (Lipinski definition) is 6. The molecule has 2 atom stereocenters. The fourth-order valence-corrected chi connectivity index (χ4v) is 12.4. The molecule has 0 radical (unpaired) electrons. The summed E-state index contributed by atoms with van der Waals surface area (Å²) in [5, 5.41) is 1.22. The van der Waals surface area contributed by atoms with Gasteiger partial charge >= 0.3 is 0 Å². The predicted molar refractivity (Wildman–Crippen MR) is 192 cm³/mol. The normalized spacial score (nSPS) is 12.7. The van der Waals surface area contributed by atoms with Crippen LogP contribution >= 0.6 is 68.6 Å². The second-order valence-electron chi connectivity index (χ2n) is 9.30. The average Bonchev–Trinajstić information content (AvgIpc) is 3.01. The summed E-state index contributed by atoms with van der Waals surface area (Å²) in [6.07, 6.45) is 2.30. The lowest BCUT2D eigenvalue weighted by molar-refractivity contribution is 1.12. The van der Waals surface area contributed by atoms with Gasteiger partial charge in [-0.05, 0) is 59.7 Å². The number of aryl methyl sites for hydroxylation is 2. The Hall–Kier alpha value is -1.02. The van der Waals surface area contributed by atoms with E-state index in [2.05, 4.69) is 166 Å². The zero-order chi connectivity index (χ0) is 27.5. The number of benzene rings is 4. The Morgan fingerprint density at radius 2 is 0.750 bits per heavy atom. The van der Waals surface area contributed by atoms with E-state index in [1.54, 1.807) is 0 Å². The van der Waals surface area contributed by atoms with Crippen LogP contribution < -0.4 is 0 Å². The fraction of sp³-hybridized carbons (Fsp3) is 0.294. The van der Waals surface area contributed by atoms with Crippen LogP contribution in [-0.4, -0.2) is 45.0 Å². The van der Waals surface area contributed by atoms with Gasteiger partial charge < -0.3 is 0 Å². The van der Waals surface area contributed by atoms with Crippen LogP contribution in [0.3, 0.4) is 0 Å². The van der Waals surface area contributed by atoms with Gasteiger partial charge in [0.15, 0.2) is 0 Å². The summed E-state index contributed by atoms with van der Waals surface area (Å²) in [5.74, 6) is 7.10. The van der Waals surface area contributed by atoms with E-state index in [1.807, 2.05) is 23.5 Å². The molecule has 0 bridgehead atoms. The van der Waals surface area contributed by atoms with Crippen molar-refractivity contribution in [2.75, 3.05) is 34.5 Å². The molecule has 0 spiro atoms. The molecule has 0 fully saturated rings. The Balaban J connectivity index is 1.23. The van der Waals surface area contributed by atoms with Crippen LogP contribution in [0.25, 0.3) is 0 Å². The minimum absolute atomic E-state index is 0.612. The molecular formula is C34H38S6. The Labute approximate surface area is 266 Å². The van der Waals surface area contributed by atoms with Crippen LogP contribution in [0.15, 0.2) is 131 Å². The van der Waals surface area contributed by atoms with Gasteiger partial charge in [-0.15, -0.1) is 23.5 Å². The molecule has 0 aliphatic carbocycles. The highest BCUT2D eigenvalue weighted by Crippen LogP contribution is 2.36. The second-order valence-corrected chi connectivity index (χ2v) is 16.9. The molecule has 0 heterocycles. The molecule has 0 amide bonds. The molecule has 0 aliphatic heterocycles. The molecule has 4 rings (SSSR count). The largest absolute Gasteiger partial charge is 0.160 e. The molecule has 210 valence electrons. The van der Waals surface area contributed by atoms with Gasteiger partial charge in [-0.25, -0.2) is 0 Å². The van der Waals surface area contributed by atoms with Crippen LogP contribution in [0, 0.1) is 0 Å². The highest BCUT2D eigenvalue weighted by atomic mass is 33.1. The van der Waals surface area contributed by atoms with Gasteiger partial charge in [0.2, 0.25) is 0 Å². The van der Waals surface area contributed by atoms with Crippen molar-refractivity contribution in [3.8, 4) is 0 Å². The maximum atomic E-state index is 2.25. The van der Waals surface area contributed by atoms with Crippen molar-refractivity contribution in [1.29, 1.82) is 0 Å². The third-order valence-electron chi connectivity index (χ3n) is 6.05. The Kier molecular flexibility index (Phi) is 15.9. The maximum Gasteiger partial charge on any atom is 0.0284 e. The lowest BCUT2D eigenvalue weighted by Crippen LogP contribution is -2.12. The molecule has 4 aromatic carbocycles. The molecule has 2 unspecified atom stereocenters. The van der Waals surface area contributed by atoms with Crippen molar-refractivity contribution in [3.63, 3.8) is 0 Å². The second kappa shape index (κ2) is 20.0. The molecule has 6 heteroatoms. The Morgan fingerprint density at radius 3 is 1.12 bits per heavy atom. The van der Waals surface area contributed by atoms with Gasteiger partial charge in [0.25, 0.3) is 0 Å². The highest BCUT2D eigenvalue weighted by Gasteiger charge is 2.15. The first-order chi connectivity index (χ1) is 19.8. The smallest absolute Gasteiger partial charge is 0.0284 e. The first-order valence-corrected chi connectivity index (χ1v) is 20.3. The summed E-state index contributed by atoms with van der Waals surface area (Å²) < 4.78 is 0. The first kappa shape index (κ1) is 31.9. The summed E-state index contributed by atoms with van der Waals surface area (Å²) in [4.78, 5) is 2.77. The number of hydrogen-bond donors (Lipinski definition) is 0. The van der Waals surface area contributed by atoms with Gasteiger partial charge in [0.1, 0.15) is 0 Å². The highest BCUT2D eigenvalue weighted by molar-refractivity contribution is 8.76. The summed E-state index contributed by atoms with van der Waals surface area (Å²) >= 11 is 8.30. The average molecular weight is 639 g/mol. The Bertz CT molecular complexity index is 1060. The summed E-state index contributed by atoms with van der Waals surface area (Å²) in [6, 6.07) is 43.6. The van der Waals surface area contributed by atoms with Crippen LogP contribution in [0.2, 0.25) is 0 Å². The van der Waals surface area contributed by atoms with Crippen LogP contribution in [0.5, 0.6) is 0 Å². The van der Waals surface area contributed by atoms with Crippen molar-refractivity contribution in [2.24, 2.45) is 0 Å². The van der Waals surface area contributed by atoms with Crippen molar-refractivity contribution >= 4 is 68.6 Å². The van der Waals surface area contributed by atoms with E-state index in [9.17, 15) is 0 Å². The molecule has 0 nitrogen and oxygen atoms in total. The molecule has 0 aromatic heterocycles. The minimum atomic E-state index is 0.612. The lowest BCUT2D eigenvalue weighted by Gasteiger charge is -2.18. The lowest BCUT2D eigenvalue weighted by atomic mass is 10.2. The zero-order valence-corrected chi connectivity index (χ0v) is 27.7. The fourth-order valence-electron chi connectivity index (χ4n) is 3.96. The molecular weight excluding hydrogens is 601 g/mol. The van der Waals surface area contributed by atoms with Crippen molar-refractivity contribution in [2.45, 2.75) is 33.1 Å². The minimum Gasteiger partial charge on any atom is -0.160 e. The topological polar surface area (TPSA) is 0 Å². The molecule has 4 aromatic rings. The number of rotatable bonds is 19. The van der Waals surface area contributed by atoms with E-state index in [1.165, 1.54) is 55.4 Å². The van der Waals surface area contributed by atoms with Crippen molar-refractivity contribution in [1.82, 2.24) is 0 Å². The van der Waals surface area contributed by atoms with E-state index in [0.717, 1.165) is 12.8 Å². The van der Waals surface area contributed by atoms with Crippen LogP contribution in [0.4, 0.5) is 0 Å². The molecule has 0 saturated heterocycles. The van der Waals surface area contributed by atoms with E-state index in [0.29, 0.717) is 10.5 Å². The van der Waals surface area contributed by atoms with Crippen molar-refractivity contribution < 1.29 is 0 Å². The molecule has 0 N–H and O–H groups in total. The quantitative estimate of drug-likeness (QED) is 0.0565. The van der Waals surface area contributed by atoms with Crippen molar-refractivity contribution in [3.05, 3.63) is 132 Å². The van der Waals surface area contributed by atoms with Gasteiger partial charge in [-0.3, -0.25) is 0 Å². The Morgan fingerprint density at radius 1 is 0.400 bits per heavy atom. The van der Waals surface area contributed by atoms with E-state index in [-0.39, 0.29) is 0 Å². The summed E-state index contributed by atoms with van der Waals surface area (Å²) in [6.45, 7) is 0. The SMILES string of the molecule is c1ccc(CCSCC(CSSCC(CSCCc2ccccc2)Sc2ccccc2)Sc2ccccc2)cc1. The van der Waals surface area contributed by atoms with Crippen LogP contribution in [-0.2, 0) is 12.8 Å². The van der Waals surface area contributed by atoms with Gasteiger partial charge in [-0.1, -0.05) is 119 Å². The first-order valence-electron chi connectivity index (χ1n) is 13.8. The third-order valence-corrected chi connectivity index (χ3v) is 14.1. The molecule has 40 heavy (non-hydrogen) atoms. The number of thioether (sulfide) groups is 4. The maximum absolute atomic E-state index is 2.25. The van der Waals surface area contributed by atoms with Gasteiger partial charge in [0, 0.05) is 43.3 Å². The van der Waals surface area contributed by atoms with E-state index >= 15 is 0 Å². The van der Waals surface area contributed by atoms with Gasteiger partial charge in [-0.2, -0.15) is 23.5 Å². The van der Waals surface area contributed by atoms with Gasteiger partial charge in [0.05, 0.1) is 0 Å².